The van der Waals surface area contributed by atoms with Crippen LogP contribution in [0.1, 0.15) is 10.4 Å². The Morgan fingerprint density at radius 1 is 1.35 bits per heavy atom. The molecule has 1 aromatic carbocycles. The predicted octanol–water partition coefficient (Wildman–Crippen LogP) is 0.0998. The van der Waals surface area contributed by atoms with Gasteiger partial charge < -0.3 is 20.8 Å². The van der Waals surface area contributed by atoms with Gasteiger partial charge in [-0.25, -0.2) is 0 Å². The maximum Gasteiger partial charge on any atom is 0.254 e. The highest BCUT2D eigenvalue weighted by Crippen LogP contribution is 2.21. The van der Waals surface area contributed by atoms with E-state index in [0.717, 1.165) is 0 Å². The molecule has 0 aliphatic carbocycles. The lowest BCUT2D eigenvalue weighted by Gasteiger charge is -2.15. The van der Waals surface area contributed by atoms with Gasteiger partial charge in [0.1, 0.15) is 0 Å². The molecule has 92 valence electrons. The van der Waals surface area contributed by atoms with E-state index in [4.69, 9.17) is 17.3 Å². The Bertz CT molecular complexity index is 442. The summed E-state index contributed by atoms with van der Waals surface area (Å²) in [6.45, 7) is 0.255. The second-order valence-electron chi connectivity index (χ2n) is 4.08. The number of halogens is 1. The van der Waals surface area contributed by atoms with Crippen LogP contribution in [0.25, 0.3) is 0 Å². The minimum Gasteiger partial charge on any atom is -0.398 e. The van der Waals surface area contributed by atoms with E-state index in [1.54, 1.807) is 12.1 Å². The molecular formula is C11H13ClN2O3. The second kappa shape index (κ2) is 4.52. The average molecular weight is 257 g/mol. The number of benzene rings is 1. The molecule has 1 saturated heterocycles. The zero-order valence-corrected chi connectivity index (χ0v) is 9.76. The fourth-order valence-electron chi connectivity index (χ4n) is 1.79. The molecule has 1 amide bonds. The molecule has 1 fully saturated rings. The summed E-state index contributed by atoms with van der Waals surface area (Å²) >= 11 is 5.76. The minimum atomic E-state index is -0.886. The highest BCUT2D eigenvalue weighted by Gasteiger charge is 2.32. The van der Waals surface area contributed by atoms with Crippen molar-refractivity contribution in [3.63, 3.8) is 0 Å². The van der Waals surface area contributed by atoms with E-state index in [-0.39, 0.29) is 19.0 Å². The Balaban J connectivity index is 2.17. The van der Waals surface area contributed by atoms with Crippen LogP contribution in [0.2, 0.25) is 5.02 Å². The summed E-state index contributed by atoms with van der Waals surface area (Å²) in [5, 5.41) is 19.1. The van der Waals surface area contributed by atoms with Crippen molar-refractivity contribution < 1.29 is 15.0 Å². The fourth-order valence-corrected chi connectivity index (χ4v) is 1.91. The number of amides is 1. The number of likely N-dealkylation sites (tertiary alicyclic amines) is 1. The fraction of sp³-hybridized carbons (Fsp3) is 0.364. The molecule has 2 unspecified atom stereocenters. The number of carbonyl (C=O) groups is 1. The number of anilines is 1. The summed E-state index contributed by atoms with van der Waals surface area (Å²) in [6.07, 6.45) is -1.77. The molecule has 0 saturated carbocycles. The zero-order valence-electron chi connectivity index (χ0n) is 9.01. The van der Waals surface area contributed by atoms with Crippen LogP contribution in [0.4, 0.5) is 5.69 Å². The van der Waals surface area contributed by atoms with Crippen molar-refractivity contribution in [2.24, 2.45) is 0 Å². The number of nitrogens with two attached hydrogens (primary N) is 1. The average Bonchev–Trinajstić information content (AvgIpc) is 2.62. The highest BCUT2D eigenvalue weighted by molar-refractivity contribution is 6.33. The lowest BCUT2D eigenvalue weighted by atomic mass is 10.2. The van der Waals surface area contributed by atoms with Crippen LogP contribution >= 0.6 is 11.6 Å². The molecule has 6 heteroatoms. The lowest BCUT2D eigenvalue weighted by Crippen LogP contribution is -2.29. The van der Waals surface area contributed by atoms with Crippen LogP contribution in [-0.2, 0) is 0 Å². The minimum absolute atomic E-state index is 0.128. The number of carbonyl (C=O) groups excluding carboxylic acids is 1. The molecule has 0 bridgehead atoms. The van der Waals surface area contributed by atoms with Crippen LogP contribution in [-0.4, -0.2) is 46.3 Å². The van der Waals surface area contributed by atoms with Gasteiger partial charge in [-0.1, -0.05) is 11.6 Å². The Hall–Kier alpha value is -1.30. The zero-order chi connectivity index (χ0) is 12.6. The second-order valence-corrected chi connectivity index (χ2v) is 4.49. The molecule has 0 aromatic heterocycles. The maximum absolute atomic E-state index is 12.0. The first-order valence-electron chi connectivity index (χ1n) is 5.19. The highest BCUT2D eigenvalue weighted by atomic mass is 35.5. The topological polar surface area (TPSA) is 86.8 Å². The predicted molar refractivity (Wildman–Crippen MR) is 63.8 cm³/mol. The van der Waals surface area contributed by atoms with Crippen molar-refractivity contribution in [3.05, 3.63) is 28.8 Å². The van der Waals surface area contributed by atoms with Crippen LogP contribution in [0.15, 0.2) is 18.2 Å². The van der Waals surface area contributed by atoms with E-state index >= 15 is 0 Å². The van der Waals surface area contributed by atoms with Crippen LogP contribution in [0.3, 0.4) is 0 Å². The number of β-amino-alcohol motifs (C(OH)–C–C–N with tert-alkyl or cyclic N) is 2. The van der Waals surface area contributed by atoms with Gasteiger partial charge >= 0.3 is 0 Å². The molecule has 1 aliphatic heterocycles. The van der Waals surface area contributed by atoms with Gasteiger partial charge in [0.05, 0.1) is 22.9 Å². The smallest absolute Gasteiger partial charge is 0.254 e. The maximum atomic E-state index is 12.0. The summed E-state index contributed by atoms with van der Waals surface area (Å²) in [4.78, 5) is 13.4. The summed E-state index contributed by atoms with van der Waals surface area (Å²) in [5.41, 5.74) is 6.34. The molecule has 0 spiro atoms. The molecule has 1 aliphatic rings. The van der Waals surface area contributed by atoms with E-state index in [0.29, 0.717) is 16.3 Å². The number of nitrogen functional groups attached to an aromatic ring is 1. The van der Waals surface area contributed by atoms with Crippen molar-refractivity contribution >= 4 is 23.2 Å². The normalized spacial score (nSPS) is 24.1. The Kier molecular flexibility index (Phi) is 3.24. The van der Waals surface area contributed by atoms with Crippen molar-refractivity contribution in [1.82, 2.24) is 4.90 Å². The Morgan fingerprint density at radius 3 is 2.47 bits per heavy atom. The number of hydrogen-bond acceptors (Lipinski definition) is 4. The van der Waals surface area contributed by atoms with Crippen LogP contribution < -0.4 is 5.73 Å². The van der Waals surface area contributed by atoms with E-state index < -0.39 is 12.2 Å². The molecule has 4 N–H and O–H groups in total. The van der Waals surface area contributed by atoms with Crippen molar-refractivity contribution in [2.45, 2.75) is 12.2 Å². The van der Waals surface area contributed by atoms with Crippen molar-refractivity contribution in [3.8, 4) is 0 Å². The van der Waals surface area contributed by atoms with Crippen LogP contribution in [0, 0.1) is 0 Å². The van der Waals surface area contributed by atoms with Gasteiger partial charge in [-0.15, -0.1) is 0 Å². The van der Waals surface area contributed by atoms with E-state index in [1.807, 2.05) is 0 Å². The van der Waals surface area contributed by atoms with Gasteiger partial charge in [0, 0.05) is 18.7 Å². The molecule has 17 heavy (non-hydrogen) atoms. The third-order valence-electron chi connectivity index (χ3n) is 2.79. The van der Waals surface area contributed by atoms with E-state index in [9.17, 15) is 15.0 Å². The monoisotopic (exact) mass is 256 g/mol. The number of rotatable bonds is 1. The molecule has 0 radical (unpaired) electrons. The van der Waals surface area contributed by atoms with Crippen LogP contribution in [0.5, 0.6) is 0 Å². The van der Waals surface area contributed by atoms with Crippen molar-refractivity contribution in [2.75, 3.05) is 18.8 Å². The quantitative estimate of drug-likeness (QED) is 0.622. The van der Waals surface area contributed by atoms with Gasteiger partial charge in [0.15, 0.2) is 0 Å². The first-order chi connectivity index (χ1) is 7.99. The Morgan fingerprint density at radius 2 is 1.94 bits per heavy atom. The molecule has 2 atom stereocenters. The first-order valence-corrected chi connectivity index (χ1v) is 5.57. The summed E-state index contributed by atoms with van der Waals surface area (Å²) in [7, 11) is 0. The van der Waals surface area contributed by atoms with E-state index in [2.05, 4.69) is 0 Å². The molecule has 1 aromatic rings. The summed E-state index contributed by atoms with van der Waals surface area (Å²) in [5.74, 6) is -0.274. The molecular weight excluding hydrogens is 244 g/mol. The summed E-state index contributed by atoms with van der Waals surface area (Å²) in [6, 6.07) is 4.60. The first kappa shape index (κ1) is 12.2. The Labute approximate surface area is 103 Å². The number of nitrogens with zero attached hydrogens (tertiary/aromatic N) is 1. The van der Waals surface area contributed by atoms with Gasteiger partial charge in [-0.3, -0.25) is 4.79 Å². The standard InChI is InChI=1S/C11H13ClN2O3/c12-7-2-1-6(3-8(7)13)11(17)14-4-9(15)10(16)5-14/h1-3,9-10,15-16H,4-5,13H2. The SMILES string of the molecule is Nc1cc(C(=O)N2CC(O)C(O)C2)ccc1Cl. The summed E-state index contributed by atoms with van der Waals surface area (Å²) < 4.78 is 0. The van der Waals surface area contributed by atoms with Crippen molar-refractivity contribution in [1.29, 1.82) is 0 Å². The molecule has 5 nitrogen and oxygen atoms in total. The third kappa shape index (κ3) is 2.36. The molecule has 2 rings (SSSR count). The number of aliphatic hydroxyl groups is 2. The number of hydrogen-bond donors (Lipinski definition) is 3. The largest absolute Gasteiger partial charge is 0.398 e. The van der Waals surface area contributed by atoms with Gasteiger partial charge in [-0.2, -0.15) is 0 Å². The van der Waals surface area contributed by atoms with Gasteiger partial charge in [-0.05, 0) is 18.2 Å². The molecule has 1 heterocycles. The number of aliphatic hydroxyl groups excluding tert-OH is 2. The van der Waals surface area contributed by atoms with E-state index in [1.165, 1.54) is 11.0 Å². The lowest BCUT2D eigenvalue weighted by molar-refractivity contribution is 0.0572. The third-order valence-corrected chi connectivity index (χ3v) is 3.13. The van der Waals surface area contributed by atoms with Gasteiger partial charge in [0.25, 0.3) is 5.91 Å². The van der Waals surface area contributed by atoms with Gasteiger partial charge in [0.2, 0.25) is 0 Å².